The van der Waals surface area contributed by atoms with Crippen LogP contribution in [0.15, 0.2) is 24.3 Å². The third-order valence-corrected chi connectivity index (χ3v) is 2.58. The lowest BCUT2D eigenvalue weighted by molar-refractivity contribution is 0.0949. The lowest BCUT2D eigenvalue weighted by Gasteiger charge is -2.09. The Morgan fingerprint density at radius 1 is 1.22 bits per heavy atom. The lowest BCUT2D eigenvalue weighted by Crippen LogP contribution is -2.32. The van der Waals surface area contributed by atoms with Crippen molar-refractivity contribution in [3.05, 3.63) is 35.4 Å². The van der Waals surface area contributed by atoms with Gasteiger partial charge in [0.15, 0.2) is 0 Å². The highest BCUT2D eigenvalue weighted by Crippen LogP contribution is 2.09. The van der Waals surface area contributed by atoms with E-state index in [1.165, 1.54) is 0 Å². The summed E-state index contributed by atoms with van der Waals surface area (Å²) < 4.78 is 5.08. The summed E-state index contributed by atoms with van der Waals surface area (Å²) in [7, 11) is 1.63. The molecule has 1 aromatic rings. The van der Waals surface area contributed by atoms with E-state index in [0.29, 0.717) is 18.7 Å². The van der Waals surface area contributed by atoms with Crippen LogP contribution in [0.4, 0.5) is 0 Å². The minimum atomic E-state index is -0.0408. The van der Waals surface area contributed by atoms with Crippen LogP contribution >= 0.6 is 0 Å². The van der Waals surface area contributed by atoms with E-state index in [0.717, 1.165) is 25.1 Å². The average Bonchev–Trinajstić information content (AvgIpc) is 2.39. The zero-order chi connectivity index (χ0) is 13.2. The second-order valence-corrected chi connectivity index (χ2v) is 4.10. The van der Waals surface area contributed by atoms with Gasteiger partial charge in [-0.3, -0.25) is 4.79 Å². The van der Waals surface area contributed by atoms with Crippen molar-refractivity contribution in [1.82, 2.24) is 10.6 Å². The number of hydrogen-bond donors (Lipinski definition) is 2. The van der Waals surface area contributed by atoms with Crippen molar-refractivity contribution < 1.29 is 9.53 Å². The Kier molecular flexibility index (Phi) is 7.06. The Hall–Kier alpha value is -1.39. The molecule has 0 aliphatic carbocycles. The van der Waals surface area contributed by atoms with Crippen LogP contribution in [0.5, 0.6) is 0 Å². The first-order valence-corrected chi connectivity index (χ1v) is 6.35. The number of carbonyl (C=O) groups is 1. The number of rotatable bonds is 8. The Morgan fingerprint density at radius 2 is 2.00 bits per heavy atom. The summed E-state index contributed by atoms with van der Waals surface area (Å²) in [5.41, 5.74) is 1.61. The van der Waals surface area contributed by atoms with E-state index >= 15 is 0 Å². The molecule has 2 N–H and O–H groups in total. The quantitative estimate of drug-likeness (QED) is 0.688. The van der Waals surface area contributed by atoms with Crippen molar-refractivity contribution in [3.8, 4) is 0 Å². The molecule has 18 heavy (non-hydrogen) atoms. The zero-order valence-corrected chi connectivity index (χ0v) is 11.2. The fourth-order valence-electron chi connectivity index (χ4n) is 1.68. The Bertz CT molecular complexity index is 367. The van der Waals surface area contributed by atoms with Crippen molar-refractivity contribution in [1.29, 1.82) is 0 Å². The highest BCUT2D eigenvalue weighted by Gasteiger charge is 2.09. The third kappa shape index (κ3) is 4.85. The number of hydrogen-bond acceptors (Lipinski definition) is 3. The van der Waals surface area contributed by atoms with Crippen molar-refractivity contribution in [2.75, 3.05) is 26.7 Å². The van der Waals surface area contributed by atoms with Crippen LogP contribution in [0.2, 0.25) is 0 Å². The van der Waals surface area contributed by atoms with Crippen LogP contribution in [-0.2, 0) is 11.3 Å². The lowest BCUT2D eigenvalue weighted by atomic mass is 10.1. The normalized spacial score (nSPS) is 10.3. The second-order valence-electron chi connectivity index (χ2n) is 4.10. The van der Waals surface area contributed by atoms with Gasteiger partial charge in [-0.25, -0.2) is 0 Å². The first kappa shape index (κ1) is 14.7. The van der Waals surface area contributed by atoms with Crippen LogP contribution in [0, 0.1) is 0 Å². The molecule has 0 fully saturated rings. The summed E-state index contributed by atoms with van der Waals surface area (Å²) in [5, 5.41) is 6.14. The molecule has 0 aliphatic rings. The van der Waals surface area contributed by atoms with Gasteiger partial charge < -0.3 is 15.4 Å². The molecule has 4 heteroatoms. The zero-order valence-electron chi connectivity index (χ0n) is 11.2. The third-order valence-electron chi connectivity index (χ3n) is 2.58. The maximum absolute atomic E-state index is 12.0. The van der Waals surface area contributed by atoms with Gasteiger partial charge in [0.05, 0.1) is 6.61 Å². The van der Waals surface area contributed by atoms with E-state index in [9.17, 15) is 4.79 Å². The number of carbonyl (C=O) groups excluding carboxylic acids is 1. The second kappa shape index (κ2) is 8.66. The predicted molar refractivity (Wildman–Crippen MR) is 72.6 cm³/mol. The van der Waals surface area contributed by atoms with E-state index in [-0.39, 0.29) is 5.91 Å². The fourth-order valence-corrected chi connectivity index (χ4v) is 1.68. The van der Waals surface area contributed by atoms with Gasteiger partial charge in [0.1, 0.15) is 0 Å². The monoisotopic (exact) mass is 250 g/mol. The molecule has 0 saturated heterocycles. The molecule has 0 aliphatic heterocycles. The minimum Gasteiger partial charge on any atom is -0.380 e. The molecule has 0 heterocycles. The Labute approximate surface area is 109 Å². The number of amides is 1. The van der Waals surface area contributed by atoms with Crippen LogP contribution in [0.3, 0.4) is 0 Å². The van der Waals surface area contributed by atoms with Gasteiger partial charge in [-0.15, -0.1) is 0 Å². The van der Waals surface area contributed by atoms with Crippen LogP contribution < -0.4 is 10.6 Å². The topological polar surface area (TPSA) is 50.4 Å². The van der Waals surface area contributed by atoms with Gasteiger partial charge in [0.25, 0.3) is 5.91 Å². The molecular weight excluding hydrogens is 228 g/mol. The average molecular weight is 250 g/mol. The number of methoxy groups -OCH3 is 1. The molecular formula is C14H22N2O2. The fraction of sp³-hybridized carbons (Fsp3) is 0.500. The molecule has 0 spiro atoms. The van der Waals surface area contributed by atoms with Crippen molar-refractivity contribution >= 4 is 5.91 Å². The molecule has 0 atom stereocenters. The van der Waals surface area contributed by atoms with E-state index in [4.69, 9.17) is 4.74 Å². The molecule has 0 radical (unpaired) electrons. The summed E-state index contributed by atoms with van der Waals surface area (Å²) >= 11 is 0. The maximum atomic E-state index is 12.0. The van der Waals surface area contributed by atoms with Gasteiger partial charge in [0.2, 0.25) is 0 Å². The van der Waals surface area contributed by atoms with E-state index in [1.54, 1.807) is 7.11 Å². The number of nitrogens with one attached hydrogen (secondary N) is 2. The van der Waals surface area contributed by atoms with Crippen LogP contribution in [0.1, 0.15) is 29.3 Å². The number of ether oxygens (including phenoxy) is 1. The summed E-state index contributed by atoms with van der Waals surface area (Å²) in [6.45, 7) is 4.99. The summed E-state index contributed by atoms with van der Waals surface area (Å²) in [5.74, 6) is -0.0408. The summed E-state index contributed by atoms with van der Waals surface area (Å²) in [4.78, 5) is 12.0. The van der Waals surface area contributed by atoms with Crippen molar-refractivity contribution in [2.45, 2.75) is 20.0 Å². The minimum absolute atomic E-state index is 0.0408. The first-order chi connectivity index (χ1) is 8.79. The Morgan fingerprint density at radius 3 is 2.72 bits per heavy atom. The van der Waals surface area contributed by atoms with Crippen molar-refractivity contribution in [3.63, 3.8) is 0 Å². The highest BCUT2D eigenvalue weighted by molar-refractivity contribution is 5.95. The molecule has 4 nitrogen and oxygen atoms in total. The maximum Gasteiger partial charge on any atom is 0.251 e. The van der Waals surface area contributed by atoms with Gasteiger partial charge >= 0.3 is 0 Å². The molecule has 0 aromatic heterocycles. The summed E-state index contributed by atoms with van der Waals surface area (Å²) in [6, 6.07) is 7.51. The molecule has 1 amide bonds. The van der Waals surface area contributed by atoms with Crippen LogP contribution in [0.25, 0.3) is 0 Å². The SMILES string of the molecule is CCCNCCNC(=O)c1ccccc1COC. The van der Waals surface area contributed by atoms with Crippen molar-refractivity contribution in [2.24, 2.45) is 0 Å². The summed E-state index contributed by atoms with van der Waals surface area (Å²) in [6.07, 6.45) is 1.10. The van der Waals surface area contributed by atoms with Gasteiger partial charge in [-0.05, 0) is 24.6 Å². The Balaban J connectivity index is 2.45. The smallest absolute Gasteiger partial charge is 0.251 e. The standard InChI is InChI=1S/C14H22N2O2/c1-3-8-15-9-10-16-14(17)13-7-5-4-6-12(13)11-18-2/h4-7,15H,3,8-11H2,1-2H3,(H,16,17). The molecule has 0 unspecified atom stereocenters. The van der Waals surface area contributed by atoms with Gasteiger partial charge in [-0.2, -0.15) is 0 Å². The van der Waals surface area contributed by atoms with E-state index in [1.807, 2.05) is 24.3 Å². The molecule has 1 aromatic carbocycles. The molecule has 1 rings (SSSR count). The molecule has 0 saturated carbocycles. The number of benzene rings is 1. The van der Waals surface area contributed by atoms with Crippen LogP contribution in [-0.4, -0.2) is 32.7 Å². The molecule has 0 bridgehead atoms. The van der Waals surface area contributed by atoms with E-state index in [2.05, 4.69) is 17.6 Å². The predicted octanol–water partition coefficient (Wildman–Crippen LogP) is 1.56. The van der Waals surface area contributed by atoms with Gasteiger partial charge in [-0.1, -0.05) is 25.1 Å². The van der Waals surface area contributed by atoms with E-state index < -0.39 is 0 Å². The first-order valence-electron chi connectivity index (χ1n) is 6.35. The molecule has 100 valence electrons. The largest absolute Gasteiger partial charge is 0.380 e. The van der Waals surface area contributed by atoms with Gasteiger partial charge in [0, 0.05) is 25.8 Å². The highest BCUT2D eigenvalue weighted by atomic mass is 16.5.